The molecule has 0 atom stereocenters. The Morgan fingerprint density at radius 1 is 0.812 bits per heavy atom. The minimum Gasteiger partial charge on any atom is -0.363 e. The largest absolute Gasteiger partial charge is 0.363 e. The first kappa shape index (κ1) is 12.7. The van der Waals surface area contributed by atoms with Gasteiger partial charge in [-0.15, -0.1) is 0 Å². The first-order valence-corrected chi connectivity index (χ1v) is 7.59. The summed E-state index contributed by atoms with van der Waals surface area (Å²) in [6, 6.07) is 0.373. The molecule has 0 amide bonds. The number of halogens is 1. The molecule has 0 radical (unpaired) electrons. The number of ether oxygens (including phenoxy) is 1. The summed E-state index contributed by atoms with van der Waals surface area (Å²) in [4.78, 5) is 0. The van der Waals surface area contributed by atoms with Crippen LogP contribution in [0, 0.1) is 11.8 Å². The van der Waals surface area contributed by atoms with Crippen molar-refractivity contribution in [3.63, 3.8) is 0 Å². The van der Waals surface area contributed by atoms with E-state index in [2.05, 4.69) is 0 Å². The van der Waals surface area contributed by atoms with E-state index < -0.39 is 0 Å². The van der Waals surface area contributed by atoms with Crippen LogP contribution in [0.1, 0.15) is 64.2 Å². The molecule has 2 rings (SSSR count). The van der Waals surface area contributed by atoms with Crippen LogP contribution in [0.4, 0.5) is 0 Å². The molecule has 0 N–H and O–H groups in total. The van der Waals surface area contributed by atoms with Crippen molar-refractivity contribution in [1.82, 2.24) is 0 Å². The minimum absolute atomic E-state index is 0.373. The first-order valence-electron chi connectivity index (χ1n) is 7.06. The van der Waals surface area contributed by atoms with Crippen LogP contribution in [-0.4, -0.2) is 12.2 Å². The highest BCUT2D eigenvalue weighted by Gasteiger charge is 2.24. The van der Waals surface area contributed by atoms with E-state index in [0.717, 1.165) is 11.8 Å². The number of rotatable bonds is 4. The highest BCUT2D eigenvalue weighted by atomic mass is 35.5. The summed E-state index contributed by atoms with van der Waals surface area (Å²) in [5.41, 5.74) is 0. The summed E-state index contributed by atoms with van der Waals surface area (Å²) < 4.78 is 5.49. The summed E-state index contributed by atoms with van der Waals surface area (Å²) >= 11 is 5.60. The highest BCUT2D eigenvalue weighted by Crippen LogP contribution is 2.35. The Labute approximate surface area is 105 Å². The first-order chi connectivity index (χ1) is 7.88. The van der Waals surface area contributed by atoms with E-state index in [1.54, 1.807) is 0 Å². The summed E-state index contributed by atoms with van der Waals surface area (Å²) in [6.45, 7) is 0. The Hall–Kier alpha value is 0.250. The van der Waals surface area contributed by atoms with Crippen LogP contribution >= 0.6 is 11.6 Å². The van der Waals surface area contributed by atoms with Crippen LogP contribution in [-0.2, 0) is 4.74 Å². The maximum absolute atomic E-state index is 5.60. The van der Waals surface area contributed by atoms with Crippen LogP contribution in [0.25, 0.3) is 0 Å². The molecule has 16 heavy (non-hydrogen) atoms. The highest BCUT2D eigenvalue weighted by molar-refractivity contribution is 6.17. The van der Waals surface area contributed by atoms with Gasteiger partial charge in [-0.2, -0.15) is 0 Å². The third-order valence-corrected chi connectivity index (χ3v) is 4.61. The normalized spacial score (nSPS) is 32.8. The van der Waals surface area contributed by atoms with E-state index in [1.807, 2.05) is 0 Å². The predicted molar refractivity (Wildman–Crippen MR) is 68.7 cm³/mol. The molecular weight excluding hydrogens is 220 g/mol. The summed E-state index contributed by atoms with van der Waals surface area (Å²) in [6.07, 6.45) is 14.6. The Kier molecular flexibility index (Phi) is 5.44. The van der Waals surface area contributed by atoms with Crippen molar-refractivity contribution >= 4 is 11.6 Å². The van der Waals surface area contributed by atoms with Crippen LogP contribution in [0.2, 0.25) is 0 Å². The molecule has 0 spiro atoms. The van der Waals surface area contributed by atoms with E-state index in [1.165, 1.54) is 64.2 Å². The van der Waals surface area contributed by atoms with Gasteiger partial charge >= 0.3 is 0 Å². The van der Waals surface area contributed by atoms with Crippen LogP contribution < -0.4 is 0 Å². The molecule has 0 unspecified atom stereocenters. The van der Waals surface area contributed by atoms with E-state index in [-0.39, 0.29) is 0 Å². The van der Waals surface area contributed by atoms with Crippen LogP contribution in [0.15, 0.2) is 0 Å². The minimum atomic E-state index is 0.373. The van der Waals surface area contributed by atoms with Gasteiger partial charge in [0.2, 0.25) is 0 Å². The second kappa shape index (κ2) is 6.86. The molecule has 0 aromatic rings. The van der Waals surface area contributed by atoms with Crippen molar-refractivity contribution in [3.8, 4) is 0 Å². The fraction of sp³-hybridized carbons (Fsp3) is 1.00. The lowest BCUT2D eigenvalue weighted by atomic mass is 9.77. The molecule has 0 heterocycles. The zero-order chi connectivity index (χ0) is 11.2. The molecule has 2 heteroatoms. The average Bonchev–Trinajstić information content (AvgIpc) is 2.33. The van der Waals surface area contributed by atoms with Gasteiger partial charge in [-0.25, -0.2) is 0 Å². The topological polar surface area (TPSA) is 9.23 Å². The van der Waals surface area contributed by atoms with Crippen molar-refractivity contribution < 1.29 is 4.74 Å². The lowest BCUT2D eigenvalue weighted by Gasteiger charge is -2.31. The second-order valence-electron chi connectivity index (χ2n) is 5.66. The van der Waals surface area contributed by atoms with Gasteiger partial charge in [-0.3, -0.25) is 0 Å². The molecule has 2 saturated carbocycles. The third kappa shape index (κ3) is 3.92. The van der Waals surface area contributed by atoms with Gasteiger partial charge in [0.15, 0.2) is 0 Å². The lowest BCUT2D eigenvalue weighted by Crippen LogP contribution is -2.23. The Bertz CT molecular complexity index is 181. The lowest BCUT2D eigenvalue weighted by molar-refractivity contribution is 0.0403. The molecule has 0 aromatic heterocycles. The molecule has 0 aromatic carbocycles. The zero-order valence-corrected chi connectivity index (χ0v) is 11.1. The Morgan fingerprint density at radius 2 is 1.44 bits per heavy atom. The number of hydrogen-bond donors (Lipinski definition) is 0. The monoisotopic (exact) mass is 244 g/mol. The van der Waals surface area contributed by atoms with E-state index in [0.29, 0.717) is 12.2 Å². The molecular formula is C14H25ClO. The summed E-state index contributed by atoms with van der Waals surface area (Å²) in [5.74, 6) is 2.03. The molecule has 94 valence electrons. The molecule has 0 saturated heterocycles. The smallest absolute Gasteiger partial charge is 0.121 e. The zero-order valence-electron chi connectivity index (χ0n) is 10.3. The van der Waals surface area contributed by atoms with Crippen molar-refractivity contribution in [3.05, 3.63) is 0 Å². The molecule has 2 aliphatic rings. The van der Waals surface area contributed by atoms with Crippen molar-refractivity contribution in [2.75, 3.05) is 6.07 Å². The van der Waals surface area contributed by atoms with Crippen molar-refractivity contribution in [2.24, 2.45) is 11.8 Å². The average molecular weight is 245 g/mol. The fourth-order valence-electron chi connectivity index (χ4n) is 3.52. The van der Waals surface area contributed by atoms with Crippen molar-refractivity contribution in [2.45, 2.75) is 70.3 Å². The third-order valence-electron chi connectivity index (χ3n) is 4.48. The molecule has 2 aliphatic carbocycles. The van der Waals surface area contributed by atoms with Gasteiger partial charge in [-0.1, -0.05) is 43.7 Å². The predicted octanol–water partition coefficient (Wildman–Crippen LogP) is 4.73. The molecule has 0 bridgehead atoms. The van der Waals surface area contributed by atoms with Gasteiger partial charge in [0.05, 0.1) is 6.10 Å². The standard InChI is InChI=1S/C14H25ClO/c15-11-16-14-8-6-13(7-9-14)10-12-4-2-1-3-5-12/h12-14H,1-11H2. The quantitative estimate of drug-likeness (QED) is 0.650. The van der Waals surface area contributed by atoms with Crippen molar-refractivity contribution in [1.29, 1.82) is 0 Å². The fourth-order valence-corrected chi connectivity index (χ4v) is 3.70. The van der Waals surface area contributed by atoms with Gasteiger partial charge in [0.1, 0.15) is 6.07 Å². The van der Waals surface area contributed by atoms with Crippen LogP contribution in [0.5, 0.6) is 0 Å². The molecule has 0 aliphatic heterocycles. The van der Waals surface area contributed by atoms with E-state index in [9.17, 15) is 0 Å². The van der Waals surface area contributed by atoms with Gasteiger partial charge in [0, 0.05) is 0 Å². The maximum atomic E-state index is 5.60. The van der Waals surface area contributed by atoms with E-state index in [4.69, 9.17) is 16.3 Å². The number of alkyl halides is 1. The van der Waals surface area contributed by atoms with Gasteiger partial charge < -0.3 is 4.74 Å². The Balaban J connectivity index is 1.64. The van der Waals surface area contributed by atoms with E-state index >= 15 is 0 Å². The van der Waals surface area contributed by atoms with Crippen LogP contribution in [0.3, 0.4) is 0 Å². The summed E-state index contributed by atoms with van der Waals surface area (Å²) in [7, 11) is 0. The Morgan fingerprint density at radius 3 is 2.06 bits per heavy atom. The molecule has 1 nitrogen and oxygen atoms in total. The maximum Gasteiger partial charge on any atom is 0.121 e. The SMILES string of the molecule is ClCOC1CCC(CC2CCCCC2)CC1. The summed E-state index contributed by atoms with van der Waals surface area (Å²) in [5, 5.41) is 0. The number of hydrogen-bond acceptors (Lipinski definition) is 1. The van der Waals surface area contributed by atoms with Gasteiger partial charge in [0.25, 0.3) is 0 Å². The van der Waals surface area contributed by atoms with Gasteiger partial charge in [-0.05, 0) is 43.9 Å². The molecule has 2 fully saturated rings. The second-order valence-corrected chi connectivity index (χ2v) is 5.88.